The fraction of sp³-hybridized carbons (Fsp3) is 0.368. The zero-order valence-corrected chi connectivity index (χ0v) is 14.9. The number of aromatic nitrogens is 3. The van der Waals surface area contributed by atoms with E-state index in [2.05, 4.69) is 15.5 Å². The summed E-state index contributed by atoms with van der Waals surface area (Å²) in [6.45, 7) is 6.43. The smallest absolute Gasteiger partial charge is 0.257 e. The summed E-state index contributed by atoms with van der Waals surface area (Å²) in [5.74, 6) is 0.528. The van der Waals surface area contributed by atoms with Crippen molar-refractivity contribution in [2.24, 2.45) is 0 Å². The van der Waals surface area contributed by atoms with Crippen LogP contribution in [0.25, 0.3) is 10.9 Å². The van der Waals surface area contributed by atoms with Gasteiger partial charge in [-0.05, 0) is 25.0 Å². The van der Waals surface area contributed by atoms with E-state index in [0.29, 0.717) is 17.2 Å². The quantitative estimate of drug-likeness (QED) is 0.779. The van der Waals surface area contributed by atoms with Gasteiger partial charge in [-0.2, -0.15) is 0 Å². The van der Waals surface area contributed by atoms with Gasteiger partial charge in [-0.15, -0.1) is 10.2 Å². The number of nitrogens with zero attached hydrogens (tertiary/aromatic N) is 3. The van der Waals surface area contributed by atoms with Crippen molar-refractivity contribution in [1.29, 1.82) is 0 Å². The first-order chi connectivity index (χ1) is 12.5. The van der Waals surface area contributed by atoms with Crippen LogP contribution in [-0.4, -0.2) is 20.7 Å². The first kappa shape index (κ1) is 16.5. The lowest BCUT2D eigenvalue weighted by Crippen LogP contribution is -2.31. The van der Waals surface area contributed by atoms with Gasteiger partial charge >= 0.3 is 0 Å². The summed E-state index contributed by atoms with van der Waals surface area (Å²) in [5, 5.41) is 11.3. The number of hydrogen-bond donors (Lipinski definition) is 1. The van der Waals surface area contributed by atoms with Crippen LogP contribution in [0.5, 0.6) is 0 Å². The number of para-hydroxylation sites is 1. The lowest BCUT2D eigenvalue weighted by molar-refractivity contribution is 0.0932. The van der Waals surface area contributed by atoms with Crippen LogP contribution in [0.2, 0.25) is 0 Å². The molecule has 1 aliphatic heterocycles. The highest BCUT2D eigenvalue weighted by atomic mass is 16.4. The Hall–Kier alpha value is -2.96. The molecular weight excluding hydrogens is 332 g/mol. The van der Waals surface area contributed by atoms with Crippen LogP contribution in [0.4, 0.5) is 0 Å². The van der Waals surface area contributed by atoms with Crippen molar-refractivity contribution in [3.05, 3.63) is 57.5 Å². The summed E-state index contributed by atoms with van der Waals surface area (Å²) in [4.78, 5) is 25.5. The number of aryl methyl sites for hydroxylation is 2. The Bertz CT molecular complexity index is 1060. The fourth-order valence-electron chi connectivity index (χ4n) is 3.31. The highest BCUT2D eigenvalue weighted by Gasteiger charge is 2.23. The monoisotopic (exact) mass is 352 g/mol. The number of pyridine rings is 1. The molecule has 0 saturated heterocycles. The minimum atomic E-state index is -0.484. The Morgan fingerprint density at radius 3 is 2.73 bits per heavy atom. The molecule has 3 aromatic rings. The zero-order valence-electron chi connectivity index (χ0n) is 14.9. The molecule has 0 spiro atoms. The van der Waals surface area contributed by atoms with Crippen molar-refractivity contribution in [3.63, 3.8) is 0 Å². The Kier molecular flexibility index (Phi) is 3.86. The van der Waals surface area contributed by atoms with E-state index in [1.165, 1.54) is 0 Å². The molecule has 7 nitrogen and oxygen atoms in total. The molecule has 1 atom stereocenters. The number of carbonyl (C=O) groups is 1. The fourth-order valence-corrected chi connectivity index (χ4v) is 3.31. The summed E-state index contributed by atoms with van der Waals surface area (Å²) in [6.07, 6.45) is 2.52. The van der Waals surface area contributed by atoms with Crippen LogP contribution in [0.15, 0.2) is 33.6 Å². The van der Waals surface area contributed by atoms with Gasteiger partial charge < -0.3 is 14.3 Å². The van der Waals surface area contributed by atoms with Gasteiger partial charge in [-0.1, -0.05) is 26.0 Å². The normalized spacial score (nSPS) is 14.2. The topological polar surface area (TPSA) is 90.0 Å². The SMILES string of the molecule is CC(C)c1nnc([C@@H](C)NC(=O)c2cn3c4c(cccc4c2=O)CC3)o1. The van der Waals surface area contributed by atoms with Gasteiger partial charge in [0.05, 0.1) is 5.52 Å². The first-order valence-electron chi connectivity index (χ1n) is 8.75. The second-order valence-corrected chi connectivity index (χ2v) is 6.96. The van der Waals surface area contributed by atoms with E-state index in [1.54, 1.807) is 19.2 Å². The minimum absolute atomic E-state index is 0.114. The average molecular weight is 352 g/mol. The third-order valence-electron chi connectivity index (χ3n) is 4.72. The molecule has 26 heavy (non-hydrogen) atoms. The number of hydrogen-bond acceptors (Lipinski definition) is 5. The van der Waals surface area contributed by atoms with Crippen molar-refractivity contribution >= 4 is 16.8 Å². The molecule has 4 rings (SSSR count). The predicted octanol–water partition coefficient (Wildman–Crippen LogP) is 2.56. The molecule has 2 aromatic heterocycles. The van der Waals surface area contributed by atoms with Gasteiger partial charge in [0.2, 0.25) is 17.2 Å². The summed E-state index contributed by atoms with van der Waals surface area (Å²) >= 11 is 0. The van der Waals surface area contributed by atoms with Crippen molar-refractivity contribution in [1.82, 2.24) is 20.1 Å². The molecule has 0 aliphatic carbocycles. The number of carbonyl (C=O) groups excluding carboxylic acids is 1. The highest BCUT2D eigenvalue weighted by molar-refractivity contribution is 5.98. The standard InChI is InChI=1S/C19H20N4O3/c1-10(2)18-21-22-19(26-18)11(3)20-17(25)14-9-23-8-7-12-5-4-6-13(15(12)23)16(14)24/h4-6,9-11H,7-8H2,1-3H3,(H,20,25)/t11-/m1/s1. The van der Waals surface area contributed by atoms with Gasteiger partial charge in [-0.25, -0.2) is 0 Å². The Labute approximate surface area is 150 Å². The van der Waals surface area contributed by atoms with Crippen molar-refractivity contribution in [2.75, 3.05) is 0 Å². The van der Waals surface area contributed by atoms with Crippen molar-refractivity contribution in [2.45, 2.75) is 45.7 Å². The summed E-state index contributed by atoms with van der Waals surface area (Å²) in [5.41, 5.74) is 1.96. The molecule has 1 amide bonds. The van der Waals surface area contributed by atoms with Gasteiger partial charge in [0.1, 0.15) is 11.6 Å². The zero-order chi connectivity index (χ0) is 18.4. The summed E-state index contributed by atoms with van der Waals surface area (Å²) in [7, 11) is 0. The van der Waals surface area contributed by atoms with E-state index in [-0.39, 0.29) is 16.9 Å². The van der Waals surface area contributed by atoms with Crippen LogP contribution in [-0.2, 0) is 13.0 Å². The Balaban J connectivity index is 1.65. The molecule has 1 N–H and O–H groups in total. The van der Waals surface area contributed by atoms with Gasteiger partial charge in [0.25, 0.3) is 5.91 Å². The van der Waals surface area contributed by atoms with Crippen molar-refractivity contribution in [3.8, 4) is 0 Å². The number of amides is 1. The molecule has 134 valence electrons. The van der Waals surface area contributed by atoms with Crippen molar-refractivity contribution < 1.29 is 9.21 Å². The van der Waals surface area contributed by atoms with Crippen LogP contribution in [0, 0.1) is 0 Å². The molecule has 0 unspecified atom stereocenters. The molecule has 0 saturated carbocycles. The molecule has 7 heteroatoms. The van der Waals surface area contributed by atoms with Crippen LogP contribution >= 0.6 is 0 Å². The summed E-state index contributed by atoms with van der Waals surface area (Å²) in [6, 6.07) is 5.18. The maximum Gasteiger partial charge on any atom is 0.257 e. The van der Waals surface area contributed by atoms with Gasteiger partial charge in [0, 0.05) is 24.0 Å². The maximum atomic E-state index is 12.8. The second kappa shape index (κ2) is 6.09. The molecule has 3 heterocycles. The second-order valence-electron chi connectivity index (χ2n) is 6.96. The molecule has 0 fully saturated rings. The van der Waals surface area contributed by atoms with E-state index >= 15 is 0 Å². The molecule has 1 aromatic carbocycles. The lowest BCUT2D eigenvalue weighted by atomic mass is 10.1. The van der Waals surface area contributed by atoms with Gasteiger partial charge in [0.15, 0.2) is 0 Å². The molecule has 0 radical (unpaired) electrons. The molecule has 1 aliphatic rings. The average Bonchev–Trinajstić information content (AvgIpc) is 3.26. The van der Waals surface area contributed by atoms with E-state index in [0.717, 1.165) is 24.0 Å². The van der Waals surface area contributed by atoms with E-state index in [1.807, 2.05) is 30.5 Å². The minimum Gasteiger partial charge on any atom is -0.423 e. The molecular formula is C19H20N4O3. The Morgan fingerprint density at radius 2 is 2.00 bits per heavy atom. The number of benzene rings is 1. The van der Waals surface area contributed by atoms with E-state index in [4.69, 9.17) is 4.42 Å². The van der Waals surface area contributed by atoms with E-state index in [9.17, 15) is 9.59 Å². The van der Waals surface area contributed by atoms with Crippen LogP contribution in [0.1, 0.15) is 60.4 Å². The highest BCUT2D eigenvalue weighted by Crippen LogP contribution is 2.24. The lowest BCUT2D eigenvalue weighted by Gasteiger charge is -2.12. The summed E-state index contributed by atoms with van der Waals surface area (Å²) < 4.78 is 7.56. The number of rotatable bonds is 4. The van der Waals surface area contributed by atoms with Crippen LogP contribution in [0.3, 0.4) is 0 Å². The van der Waals surface area contributed by atoms with Gasteiger partial charge in [-0.3, -0.25) is 9.59 Å². The van der Waals surface area contributed by atoms with E-state index < -0.39 is 11.9 Å². The number of nitrogens with one attached hydrogen (secondary N) is 1. The van der Waals surface area contributed by atoms with Crippen LogP contribution < -0.4 is 10.7 Å². The molecule has 0 bridgehead atoms. The third kappa shape index (κ3) is 2.60. The maximum absolute atomic E-state index is 12.8. The predicted molar refractivity (Wildman–Crippen MR) is 96.2 cm³/mol. The largest absolute Gasteiger partial charge is 0.423 e. The Morgan fingerprint density at radius 1 is 1.23 bits per heavy atom. The third-order valence-corrected chi connectivity index (χ3v) is 4.72. The first-order valence-corrected chi connectivity index (χ1v) is 8.75.